The summed E-state index contributed by atoms with van der Waals surface area (Å²) >= 11 is 0. The summed E-state index contributed by atoms with van der Waals surface area (Å²) in [5.41, 5.74) is 0.464. The van der Waals surface area contributed by atoms with Crippen molar-refractivity contribution in [3.63, 3.8) is 0 Å². The van der Waals surface area contributed by atoms with Gasteiger partial charge in [0.15, 0.2) is 5.69 Å². The summed E-state index contributed by atoms with van der Waals surface area (Å²) < 4.78 is 36.4. The second-order valence-electron chi connectivity index (χ2n) is 8.56. The number of aromatic nitrogens is 2. The average Bonchev–Trinajstić information content (AvgIpc) is 3.43. The Labute approximate surface area is 199 Å². The van der Waals surface area contributed by atoms with Crippen molar-refractivity contribution < 1.29 is 27.9 Å². The van der Waals surface area contributed by atoms with Gasteiger partial charge in [-0.2, -0.15) is 5.10 Å². The van der Waals surface area contributed by atoms with Crippen LogP contribution < -0.4 is 14.8 Å². The monoisotopic (exact) mass is 492 g/mol. The van der Waals surface area contributed by atoms with Gasteiger partial charge in [-0.1, -0.05) is 19.8 Å². The lowest BCUT2D eigenvalue weighted by Gasteiger charge is -2.18. The SMILES string of the molecule is CC[C@@H](C)NS(=O)(=O)c1cc(NC(=O)C2CCCC2)ccc1Oc1c(C)c(C(=O)O)nn1CC. The van der Waals surface area contributed by atoms with Crippen molar-refractivity contribution >= 4 is 27.6 Å². The van der Waals surface area contributed by atoms with Crippen LogP contribution in [-0.2, 0) is 21.4 Å². The number of benzene rings is 1. The minimum Gasteiger partial charge on any atom is -0.476 e. The predicted molar refractivity (Wildman–Crippen MR) is 127 cm³/mol. The van der Waals surface area contributed by atoms with Crippen LogP contribution in [0, 0.1) is 12.8 Å². The first-order valence-electron chi connectivity index (χ1n) is 11.5. The number of carbonyl (C=O) groups excluding carboxylic acids is 1. The number of carboxylic acids is 1. The third kappa shape index (κ3) is 5.58. The first kappa shape index (κ1) is 25.7. The van der Waals surface area contributed by atoms with Gasteiger partial charge in [0.2, 0.25) is 21.8 Å². The van der Waals surface area contributed by atoms with Gasteiger partial charge >= 0.3 is 5.97 Å². The van der Waals surface area contributed by atoms with Gasteiger partial charge in [0.05, 0.1) is 0 Å². The molecule has 3 N–H and O–H groups in total. The molecule has 186 valence electrons. The van der Waals surface area contributed by atoms with Gasteiger partial charge in [0.1, 0.15) is 10.6 Å². The van der Waals surface area contributed by atoms with Crippen LogP contribution in [0.2, 0.25) is 0 Å². The average molecular weight is 493 g/mol. The van der Waals surface area contributed by atoms with Crippen LogP contribution in [0.1, 0.15) is 68.9 Å². The number of amides is 1. The van der Waals surface area contributed by atoms with E-state index in [-0.39, 0.29) is 45.6 Å². The van der Waals surface area contributed by atoms with Gasteiger partial charge in [0.25, 0.3) is 0 Å². The van der Waals surface area contributed by atoms with Crippen LogP contribution in [0.25, 0.3) is 0 Å². The van der Waals surface area contributed by atoms with E-state index in [1.54, 1.807) is 26.8 Å². The van der Waals surface area contributed by atoms with Crippen LogP contribution in [-0.4, -0.2) is 41.2 Å². The van der Waals surface area contributed by atoms with Crippen molar-refractivity contribution in [2.24, 2.45) is 5.92 Å². The Bertz CT molecular complexity index is 1170. The Balaban J connectivity index is 2.02. The molecule has 11 heteroatoms. The number of aryl methyl sites for hydroxylation is 1. The van der Waals surface area contributed by atoms with E-state index < -0.39 is 16.0 Å². The van der Waals surface area contributed by atoms with Crippen LogP contribution >= 0.6 is 0 Å². The molecule has 1 atom stereocenters. The molecule has 0 radical (unpaired) electrons. The highest BCUT2D eigenvalue weighted by atomic mass is 32.2. The Kier molecular flexibility index (Phi) is 7.98. The zero-order valence-electron chi connectivity index (χ0n) is 19.9. The third-order valence-corrected chi connectivity index (χ3v) is 7.65. The van der Waals surface area contributed by atoms with Crippen molar-refractivity contribution in [1.29, 1.82) is 0 Å². The Morgan fingerprint density at radius 3 is 2.53 bits per heavy atom. The lowest BCUT2D eigenvalue weighted by Crippen LogP contribution is -2.32. The topological polar surface area (TPSA) is 140 Å². The predicted octanol–water partition coefficient (Wildman–Crippen LogP) is 3.91. The molecule has 3 rings (SSSR count). The molecule has 10 nitrogen and oxygen atoms in total. The lowest BCUT2D eigenvalue weighted by molar-refractivity contribution is -0.119. The Hall–Kier alpha value is -2.92. The van der Waals surface area contributed by atoms with Crippen molar-refractivity contribution in [2.75, 3.05) is 5.32 Å². The van der Waals surface area contributed by atoms with Gasteiger partial charge in [0, 0.05) is 29.8 Å². The van der Waals surface area contributed by atoms with Gasteiger partial charge in [-0.3, -0.25) is 4.79 Å². The van der Waals surface area contributed by atoms with Crippen LogP contribution in [0.4, 0.5) is 5.69 Å². The van der Waals surface area contributed by atoms with E-state index in [1.807, 2.05) is 6.92 Å². The summed E-state index contributed by atoms with van der Waals surface area (Å²) in [5.74, 6) is -1.27. The first-order valence-corrected chi connectivity index (χ1v) is 13.0. The number of nitrogens with zero attached hydrogens (tertiary/aromatic N) is 2. The smallest absolute Gasteiger partial charge is 0.356 e. The molecular weight excluding hydrogens is 460 g/mol. The zero-order chi connectivity index (χ0) is 25.0. The summed E-state index contributed by atoms with van der Waals surface area (Å²) in [6.45, 7) is 7.26. The minimum atomic E-state index is -4.01. The maximum Gasteiger partial charge on any atom is 0.356 e. The molecular formula is C23H32N4O6S. The van der Waals surface area contributed by atoms with Crippen molar-refractivity contribution in [1.82, 2.24) is 14.5 Å². The molecule has 1 fully saturated rings. The highest BCUT2D eigenvalue weighted by Gasteiger charge is 2.27. The van der Waals surface area contributed by atoms with E-state index in [1.165, 1.54) is 16.8 Å². The van der Waals surface area contributed by atoms with Gasteiger partial charge in [-0.15, -0.1) is 0 Å². The molecule has 1 heterocycles. The number of carbonyl (C=O) groups is 2. The summed E-state index contributed by atoms with van der Waals surface area (Å²) in [6.07, 6.45) is 4.23. The quantitative estimate of drug-likeness (QED) is 0.457. The minimum absolute atomic E-state index is 0.00399. The number of aromatic carboxylic acids is 1. The maximum atomic E-state index is 13.2. The largest absolute Gasteiger partial charge is 0.476 e. The molecule has 0 bridgehead atoms. The molecule has 1 aromatic carbocycles. The van der Waals surface area contributed by atoms with E-state index in [4.69, 9.17) is 4.74 Å². The molecule has 0 spiro atoms. The number of carboxylic acid groups (broad SMARTS) is 1. The highest BCUT2D eigenvalue weighted by molar-refractivity contribution is 7.89. The molecule has 1 aliphatic rings. The van der Waals surface area contributed by atoms with E-state index in [0.29, 0.717) is 18.7 Å². The van der Waals surface area contributed by atoms with Crippen LogP contribution in [0.3, 0.4) is 0 Å². The van der Waals surface area contributed by atoms with Gasteiger partial charge < -0.3 is 15.2 Å². The highest BCUT2D eigenvalue weighted by Crippen LogP contribution is 2.35. The number of rotatable bonds is 10. The lowest BCUT2D eigenvalue weighted by atomic mass is 10.1. The van der Waals surface area contributed by atoms with Crippen LogP contribution in [0.15, 0.2) is 23.1 Å². The molecule has 1 aromatic heterocycles. The molecule has 0 aliphatic heterocycles. The van der Waals surface area contributed by atoms with E-state index in [0.717, 1.165) is 25.7 Å². The molecule has 0 saturated heterocycles. The normalized spacial score (nSPS) is 15.3. The van der Waals surface area contributed by atoms with E-state index >= 15 is 0 Å². The zero-order valence-corrected chi connectivity index (χ0v) is 20.7. The Morgan fingerprint density at radius 1 is 1.26 bits per heavy atom. The number of hydrogen-bond donors (Lipinski definition) is 3. The number of nitrogens with one attached hydrogen (secondary N) is 2. The number of sulfonamides is 1. The fourth-order valence-corrected chi connectivity index (χ4v) is 5.39. The van der Waals surface area contributed by atoms with Gasteiger partial charge in [-0.25, -0.2) is 22.6 Å². The summed E-state index contributed by atoms with van der Waals surface area (Å²) in [4.78, 5) is 24.0. The second-order valence-corrected chi connectivity index (χ2v) is 10.2. The molecule has 1 amide bonds. The summed E-state index contributed by atoms with van der Waals surface area (Å²) in [5, 5.41) is 16.3. The molecule has 1 saturated carbocycles. The first-order chi connectivity index (χ1) is 16.1. The summed E-state index contributed by atoms with van der Waals surface area (Å²) in [7, 11) is -4.01. The van der Waals surface area contributed by atoms with E-state index in [9.17, 15) is 23.1 Å². The maximum absolute atomic E-state index is 13.2. The summed E-state index contributed by atoms with van der Waals surface area (Å²) in [6, 6.07) is 4.08. The fourth-order valence-electron chi connectivity index (χ4n) is 3.91. The number of anilines is 1. The van der Waals surface area contributed by atoms with Gasteiger partial charge in [-0.05, 0) is 58.2 Å². The molecule has 1 aliphatic carbocycles. The fraction of sp³-hybridized carbons (Fsp3) is 0.522. The van der Waals surface area contributed by atoms with E-state index in [2.05, 4.69) is 15.1 Å². The standard InChI is InChI=1S/C23H32N4O6S/c1-5-14(3)26-34(31,32)19-13-17(24-21(28)16-9-7-8-10-16)11-12-18(19)33-22-15(4)20(23(29)30)25-27(22)6-2/h11-14,16,26H,5-10H2,1-4H3,(H,24,28)(H,29,30)/t14-/m1/s1. The van der Waals surface area contributed by atoms with Crippen molar-refractivity contribution in [3.8, 4) is 11.6 Å². The van der Waals surface area contributed by atoms with Crippen LogP contribution in [0.5, 0.6) is 11.6 Å². The third-order valence-electron chi connectivity index (χ3n) is 6.04. The molecule has 0 unspecified atom stereocenters. The number of ether oxygens (including phenoxy) is 1. The van der Waals surface area contributed by atoms with Crippen molar-refractivity contribution in [2.45, 2.75) is 77.3 Å². The Morgan fingerprint density at radius 2 is 1.94 bits per heavy atom. The van der Waals surface area contributed by atoms with Crippen molar-refractivity contribution in [3.05, 3.63) is 29.5 Å². The number of hydrogen-bond acceptors (Lipinski definition) is 6. The second kappa shape index (κ2) is 10.6. The molecule has 2 aromatic rings. The molecule has 34 heavy (non-hydrogen) atoms.